The fraction of sp³-hybridized carbons (Fsp3) is 0.680. The number of unbranched alkanes of at least 4 members (excludes halogenated alkanes) is 1. The van der Waals surface area contributed by atoms with Crippen LogP contribution in [0.5, 0.6) is 0 Å². The van der Waals surface area contributed by atoms with Crippen LogP contribution in [0.4, 0.5) is 4.39 Å². The third kappa shape index (κ3) is 5.96. The minimum Gasteiger partial charge on any atom is -0.207 e. The predicted molar refractivity (Wildman–Crippen MR) is 110 cm³/mol. The van der Waals surface area contributed by atoms with Gasteiger partial charge in [-0.25, -0.2) is 4.39 Å². The molecule has 3 rings (SSSR count). The molecule has 0 saturated heterocycles. The van der Waals surface area contributed by atoms with Gasteiger partial charge in [0.2, 0.25) is 0 Å². The first kappa shape index (κ1) is 19.6. The van der Waals surface area contributed by atoms with Crippen LogP contribution in [0.3, 0.4) is 0 Å². The van der Waals surface area contributed by atoms with Gasteiger partial charge in [-0.15, -0.1) is 6.58 Å². The topological polar surface area (TPSA) is 0 Å². The molecule has 1 aromatic carbocycles. The third-order valence-corrected chi connectivity index (χ3v) is 7.13. The SMILES string of the molecule is C=CCC1CCC(CCCCC2CCC(c3ccc(F)cc3)CC2)CC1. The molecule has 2 aliphatic rings. The summed E-state index contributed by atoms with van der Waals surface area (Å²) < 4.78 is 13.1. The summed E-state index contributed by atoms with van der Waals surface area (Å²) in [5, 5.41) is 0. The minimum atomic E-state index is -0.114. The van der Waals surface area contributed by atoms with Crippen molar-refractivity contribution < 1.29 is 4.39 Å². The maximum atomic E-state index is 13.1. The summed E-state index contributed by atoms with van der Waals surface area (Å²) >= 11 is 0. The Labute approximate surface area is 160 Å². The third-order valence-electron chi connectivity index (χ3n) is 7.13. The Hall–Kier alpha value is -1.11. The second kappa shape index (κ2) is 10.3. The summed E-state index contributed by atoms with van der Waals surface area (Å²) in [4.78, 5) is 0. The molecule has 2 saturated carbocycles. The first-order chi connectivity index (χ1) is 12.7. The van der Waals surface area contributed by atoms with Crippen molar-refractivity contribution in [3.05, 3.63) is 48.3 Å². The van der Waals surface area contributed by atoms with Gasteiger partial charge in [0.05, 0.1) is 0 Å². The van der Waals surface area contributed by atoms with Crippen LogP contribution < -0.4 is 0 Å². The zero-order chi connectivity index (χ0) is 18.2. The number of hydrogen-bond donors (Lipinski definition) is 0. The lowest BCUT2D eigenvalue weighted by atomic mass is 9.76. The Morgan fingerprint density at radius 3 is 1.81 bits per heavy atom. The molecule has 0 radical (unpaired) electrons. The highest BCUT2D eigenvalue weighted by atomic mass is 19.1. The van der Waals surface area contributed by atoms with Gasteiger partial charge >= 0.3 is 0 Å². The van der Waals surface area contributed by atoms with Gasteiger partial charge in [-0.2, -0.15) is 0 Å². The van der Waals surface area contributed by atoms with Crippen LogP contribution in [0, 0.1) is 23.6 Å². The van der Waals surface area contributed by atoms with Crippen LogP contribution >= 0.6 is 0 Å². The van der Waals surface area contributed by atoms with Crippen LogP contribution in [0.2, 0.25) is 0 Å². The zero-order valence-corrected chi connectivity index (χ0v) is 16.5. The second-order valence-corrected chi connectivity index (χ2v) is 8.96. The maximum absolute atomic E-state index is 13.1. The summed E-state index contributed by atoms with van der Waals surface area (Å²) in [6, 6.07) is 7.22. The molecule has 0 spiro atoms. The van der Waals surface area contributed by atoms with Gasteiger partial charge in [-0.1, -0.05) is 56.7 Å². The molecule has 0 aromatic heterocycles. The molecule has 0 N–H and O–H groups in total. The zero-order valence-electron chi connectivity index (χ0n) is 16.5. The first-order valence-corrected chi connectivity index (χ1v) is 11.1. The van der Waals surface area contributed by atoms with E-state index in [1.807, 2.05) is 12.1 Å². The molecular weight excluding hydrogens is 319 g/mol. The molecule has 1 heteroatoms. The average molecular weight is 357 g/mol. The highest BCUT2D eigenvalue weighted by molar-refractivity contribution is 5.20. The summed E-state index contributed by atoms with van der Waals surface area (Å²) in [5.74, 6) is 3.43. The van der Waals surface area contributed by atoms with Gasteiger partial charge in [-0.05, 0) is 86.3 Å². The van der Waals surface area contributed by atoms with E-state index < -0.39 is 0 Å². The second-order valence-electron chi connectivity index (χ2n) is 8.96. The largest absolute Gasteiger partial charge is 0.207 e. The Kier molecular flexibility index (Phi) is 7.77. The molecular formula is C25H37F. The van der Waals surface area contributed by atoms with E-state index in [9.17, 15) is 4.39 Å². The van der Waals surface area contributed by atoms with Gasteiger partial charge in [0.15, 0.2) is 0 Å². The van der Waals surface area contributed by atoms with Crippen LogP contribution in [0.25, 0.3) is 0 Å². The Morgan fingerprint density at radius 1 is 0.769 bits per heavy atom. The molecule has 26 heavy (non-hydrogen) atoms. The fourth-order valence-corrected chi connectivity index (χ4v) is 5.38. The molecule has 0 atom stereocenters. The average Bonchev–Trinajstić information content (AvgIpc) is 2.68. The van der Waals surface area contributed by atoms with Crippen molar-refractivity contribution in [1.82, 2.24) is 0 Å². The van der Waals surface area contributed by atoms with Crippen LogP contribution in [0.15, 0.2) is 36.9 Å². The monoisotopic (exact) mass is 356 g/mol. The van der Waals surface area contributed by atoms with Crippen molar-refractivity contribution in [3.63, 3.8) is 0 Å². The lowest BCUT2D eigenvalue weighted by molar-refractivity contribution is 0.253. The van der Waals surface area contributed by atoms with Crippen molar-refractivity contribution in [2.24, 2.45) is 17.8 Å². The predicted octanol–water partition coefficient (Wildman–Crippen LogP) is 8.04. The lowest BCUT2D eigenvalue weighted by Gasteiger charge is -2.30. The molecule has 0 amide bonds. The van der Waals surface area contributed by atoms with Gasteiger partial charge < -0.3 is 0 Å². The van der Waals surface area contributed by atoms with Crippen molar-refractivity contribution in [1.29, 1.82) is 0 Å². The molecule has 144 valence electrons. The number of hydrogen-bond acceptors (Lipinski definition) is 0. The minimum absolute atomic E-state index is 0.114. The molecule has 1 aromatic rings. The summed E-state index contributed by atoms with van der Waals surface area (Å²) in [6.45, 7) is 3.89. The van der Waals surface area contributed by atoms with E-state index >= 15 is 0 Å². The van der Waals surface area contributed by atoms with Crippen molar-refractivity contribution in [2.75, 3.05) is 0 Å². The van der Waals surface area contributed by atoms with E-state index in [0.717, 1.165) is 17.8 Å². The fourth-order valence-electron chi connectivity index (χ4n) is 5.38. The molecule has 2 aliphatic carbocycles. The molecule has 0 unspecified atom stereocenters. The normalized spacial score (nSPS) is 29.4. The molecule has 0 bridgehead atoms. The highest BCUT2D eigenvalue weighted by Gasteiger charge is 2.23. The summed E-state index contributed by atoms with van der Waals surface area (Å²) in [6.07, 6.45) is 20.2. The van der Waals surface area contributed by atoms with Gasteiger partial charge in [0, 0.05) is 0 Å². The van der Waals surface area contributed by atoms with Gasteiger partial charge in [-0.3, -0.25) is 0 Å². The van der Waals surface area contributed by atoms with Crippen molar-refractivity contribution in [2.45, 2.75) is 89.4 Å². The maximum Gasteiger partial charge on any atom is 0.123 e. The van der Waals surface area contributed by atoms with Gasteiger partial charge in [0.25, 0.3) is 0 Å². The van der Waals surface area contributed by atoms with Crippen LogP contribution in [-0.2, 0) is 0 Å². The standard InChI is InChI=1S/C25H37F/c1-2-5-20-8-10-21(11-9-20)6-3-4-7-22-12-14-23(15-13-22)24-16-18-25(26)19-17-24/h2,16-23H,1,3-15H2. The number of allylic oxidation sites excluding steroid dienone is 1. The van der Waals surface area contributed by atoms with E-state index in [1.54, 1.807) is 12.1 Å². The molecule has 2 fully saturated rings. The van der Waals surface area contributed by atoms with E-state index in [4.69, 9.17) is 0 Å². The number of benzene rings is 1. The van der Waals surface area contributed by atoms with Crippen molar-refractivity contribution in [3.8, 4) is 0 Å². The van der Waals surface area contributed by atoms with Crippen molar-refractivity contribution >= 4 is 0 Å². The Morgan fingerprint density at radius 2 is 1.27 bits per heavy atom. The Bertz CT molecular complexity index is 516. The van der Waals surface area contributed by atoms with E-state index in [-0.39, 0.29) is 5.82 Å². The quantitative estimate of drug-likeness (QED) is 0.326. The molecule has 0 nitrogen and oxygen atoms in total. The van der Waals surface area contributed by atoms with E-state index in [1.165, 1.54) is 89.0 Å². The summed E-state index contributed by atoms with van der Waals surface area (Å²) in [5.41, 5.74) is 1.34. The smallest absolute Gasteiger partial charge is 0.123 e. The van der Waals surface area contributed by atoms with E-state index in [2.05, 4.69) is 12.7 Å². The first-order valence-electron chi connectivity index (χ1n) is 11.1. The van der Waals surface area contributed by atoms with Crippen LogP contribution in [0.1, 0.15) is 95.0 Å². The van der Waals surface area contributed by atoms with E-state index in [0.29, 0.717) is 5.92 Å². The molecule has 0 aliphatic heterocycles. The highest BCUT2D eigenvalue weighted by Crippen LogP contribution is 2.38. The summed E-state index contributed by atoms with van der Waals surface area (Å²) in [7, 11) is 0. The number of halogens is 1. The lowest BCUT2D eigenvalue weighted by Crippen LogP contribution is -2.15. The Balaban J connectivity index is 1.26. The molecule has 0 heterocycles. The van der Waals surface area contributed by atoms with Crippen LogP contribution in [-0.4, -0.2) is 0 Å². The van der Waals surface area contributed by atoms with Gasteiger partial charge in [0.1, 0.15) is 5.82 Å². The number of rotatable bonds is 8.